The molecule has 3 aromatic rings. The summed E-state index contributed by atoms with van der Waals surface area (Å²) in [6.45, 7) is 1.57. The first-order valence-electron chi connectivity index (χ1n) is 8.73. The Kier molecular flexibility index (Phi) is 5.71. The lowest BCUT2D eigenvalue weighted by molar-refractivity contribution is -0.148. The molecule has 3 aromatic carbocycles. The van der Waals surface area contributed by atoms with Gasteiger partial charge in [0.2, 0.25) is 0 Å². The minimum Gasteiger partial charge on any atom is -0.508 e. The summed E-state index contributed by atoms with van der Waals surface area (Å²) in [6.07, 6.45) is 0.0481. The summed E-state index contributed by atoms with van der Waals surface area (Å²) in [7, 11) is 0. The number of aromatic hydroxyl groups is 1. The highest BCUT2D eigenvalue weighted by Crippen LogP contribution is 2.23. The fourth-order valence-electron chi connectivity index (χ4n) is 2.97. The molecule has 0 aromatic heterocycles. The summed E-state index contributed by atoms with van der Waals surface area (Å²) in [5, 5.41) is 14.3. The zero-order valence-electron chi connectivity index (χ0n) is 15.0. The Morgan fingerprint density at radius 2 is 1.70 bits per heavy atom. The number of carbonyl (C=O) groups is 2. The van der Waals surface area contributed by atoms with Crippen LogP contribution in [0.1, 0.15) is 24.1 Å². The molecule has 5 heteroatoms. The molecule has 2 N–H and O–H groups in total. The van der Waals surface area contributed by atoms with Crippen LogP contribution in [0.5, 0.6) is 5.75 Å². The second-order valence-corrected chi connectivity index (χ2v) is 6.36. The van der Waals surface area contributed by atoms with Gasteiger partial charge in [-0.05, 0) is 41.0 Å². The summed E-state index contributed by atoms with van der Waals surface area (Å²) in [4.78, 5) is 24.0. The second-order valence-electron chi connectivity index (χ2n) is 6.36. The Hall–Kier alpha value is -3.34. The molecule has 3 rings (SSSR count). The van der Waals surface area contributed by atoms with Crippen LogP contribution in [0.4, 0.5) is 0 Å². The minimum absolute atomic E-state index is 0.0481. The molecule has 0 aliphatic rings. The summed E-state index contributed by atoms with van der Waals surface area (Å²) in [5.41, 5.74) is 1.72. The molecule has 0 spiro atoms. The van der Waals surface area contributed by atoms with Crippen LogP contribution < -0.4 is 5.32 Å². The van der Waals surface area contributed by atoms with E-state index in [-0.39, 0.29) is 30.7 Å². The third kappa shape index (κ3) is 4.85. The van der Waals surface area contributed by atoms with Crippen molar-refractivity contribution in [3.05, 3.63) is 77.9 Å². The number of carbonyl (C=O) groups excluding carboxylic acids is 2. The molecule has 0 aliphatic carbocycles. The van der Waals surface area contributed by atoms with Crippen LogP contribution in [0, 0.1) is 0 Å². The Morgan fingerprint density at radius 3 is 2.48 bits per heavy atom. The predicted octanol–water partition coefficient (Wildman–Crippen LogP) is 3.51. The maximum atomic E-state index is 12.1. The van der Waals surface area contributed by atoms with Crippen molar-refractivity contribution in [2.45, 2.75) is 19.4 Å². The molecular weight excluding hydrogens is 342 g/mol. The Labute approximate surface area is 157 Å². The molecule has 1 atom stereocenters. The van der Waals surface area contributed by atoms with E-state index >= 15 is 0 Å². The predicted molar refractivity (Wildman–Crippen MR) is 103 cm³/mol. The van der Waals surface area contributed by atoms with Crippen LogP contribution in [0.25, 0.3) is 10.8 Å². The van der Waals surface area contributed by atoms with E-state index in [0.29, 0.717) is 5.56 Å². The molecule has 0 fully saturated rings. The van der Waals surface area contributed by atoms with Crippen molar-refractivity contribution in [2.24, 2.45) is 0 Å². The number of phenolic OH excluding ortho intramolecular Hbond substituents is 1. The molecule has 0 unspecified atom stereocenters. The van der Waals surface area contributed by atoms with Crippen molar-refractivity contribution in [3.8, 4) is 5.75 Å². The molecule has 5 nitrogen and oxygen atoms in total. The average molecular weight is 363 g/mol. The zero-order chi connectivity index (χ0) is 19.2. The SMILES string of the molecule is C[C@H](NC(=O)COC(=O)Cc1ccc(O)cc1)c1cccc2ccccc12. The molecule has 27 heavy (non-hydrogen) atoms. The van der Waals surface area contributed by atoms with Gasteiger partial charge in [0.05, 0.1) is 12.5 Å². The largest absolute Gasteiger partial charge is 0.508 e. The molecule has 1 amide bonds. The van der Waals surface area contributed by atoms with Gasteiger partial charge in [-0.2, -0.15) is 0 Å². The van der Waals surface area contributed by atoms with Crippen molar-refractivity contribution < 1.29 is 19.4 Å². The third-order valence-corrected chi connectivity index (χ3v) is 4.32. The normalized spacial score (nSPS) is 11.7. The van der Waals surface area contributed by atoms with Crippen LogP contribution in [-0.4, -0.2) is 23.6 Å². The maximum Gasteiger partial charge on any atom is 0.310 e. The van der Waals surface area contributed by atoms with Crippen LogP contribution in [0.3, 0.4) is 0 Å². The van der Waals surface area contributed by atoms with E-state index in [9.17, 15) is 14.7 Å². The molecule has 0 saturated heterocycles. The smallest absolute Gasteiger partial charge is 0.310 e. The number of phenols is 1. The molecule has 138 valence electrons. The van der Waals surface area contributed by atoms with Gasteiger partial charge < -0.3 is 15.2 Å². The fraction of sp³-hybridized carbons (Fsp3) is 0.182. The van der Waals surface area contributed by atoms with Crippen molar-refractivity contribution in [1.82, 2.24) is 5.32 Å². The monoisotopic (exact) mass is 363 g/mol. The van der Waals surface area contributed by atoms with Gasteiger partial charge in [-0.3, -0.25) is 9.59 Å². The number of rotatable bonds is 6. The Balaban J connectivity index is 1.54. The lowest BCUT2D eigenvalue weighted by Crippen LogP contribution is -2.31. The number of nitrogens with one attached hydrogen (secondary N) is 1. The summed E-state index contributed by atoms with van der Waals surface area (Å²) < 4.78 is 5.05. The average Bonchev–Trinajstić information content (AvgIpc) is 2.67. The number of hydrogen-bond acceptors (Lipinski definition) is 4. The van der Waals surface area contributed by atoms with E-state index in [4.69, 9.17) is 4.74 Å². The highest BCUT2D eigenvalue weighted by atomic mass is 16.5. The van der Waals surface area contributed by atoms with Crippen LogP contribution >= 0.6 is 0 Å². The van der Waals surface area contributed by atoms with Crippen molar-refractivity contribution >= 4 is 22.6 Å². The molecular formula is C22H21NO4. The number of fused-ring (bicyclic) bond motifs is 1. The number of esters is 1. The number of benzene rings is 3. The fourth-order valence-corrected chi connectivity index (χ4v) is 2.97. The highest BCUT2D eigenvalue weighted by molar-refractivity contribution is 5.87. The summed E-state index contributed by atoms with van der Waals surface area (Å²) >= 11 is 0. The van der Waals surface area contributed by atoms with Crippen molar-refractivity contribution in [2.75, 3.05) is 6.61 Å². The number of hydrogen-bond donors (Lipinski definition) is 2. The first kappa shape index (κ1) is 18.5. The van der Waals surface area contributed by atoms with E-state index < -0.39 is 5.97 Å². The first-order chi connectivity index (χ1) is 13.0. The van der Waals surface area contributed by atoms with Crippen LogP contribution in [-0.2, 0) is 20.7 Å². The van der Waals surface area contributed by atoms with Crippen molar-refractivity contribution in [3.63, 3.8) is 0 Å². The van der Waals surface area contributed by atoms with Gasteiger partial charge in [-0.25, -0.2) is 0 Å². The quantitative estimate of drug-likeness (QED) is 0.657. The van der Waals surface area contributed by atoms with Gasteiger partial charge in [-0.15, -0.1) is 0 Å². The van der Waals surface area contributed by atoms with Gasteiger partial charge in [0.15, 0.2) is 6.61 Å². The van der Waals surface area contributed by atoms with E-state index in [1.807, 2.05) is 49.4 Å². The lowest BCUT2D eigenvalue weighted by Gasteiger charge is -2.16. The van der Waals surface area contributed by atoms with Crippen molar-refractivity contribution in [1.29, 1.82) is 0 Å². The van der Waals surface area contributed by atoms with Gasteiger partial charge in [0.25, 0.3) is 5.91 Å². The highest BCUT2D eigenvalue weighted by Gasteiger charge is 2.14. The van der Waals surface area contributed by atoms with E-state index in [2.05, 4.69) is 5.32 Å². The van der Waals surface area contributed by atoms with Gasteiger partial charge >= 0.3 is 5.97 Å². The molecule has 0 saturated carbocycles. The Bertz CT molecular complexity index is 945. The number of ether oxygens (including phenoxy) is 1. The standard InChI is InChI=1S/C22H21NO4/c1-15(19-8-4-6-17-5-2-3-7-20(17)19)23-21(25)14-27-22(26)13-16-9-11-18(24)12-10-16/h2-12,15,24H,13-14H2,1H3,(H,23,25)/t15-/m0/s1. The lowest BCUT2D eigenvalue weighted by atomic mass is 10.00. The first-order valence-corrected chi connectivity index (χ1v) is 8.73. The second kappa shape index (κ2) is 8.36. The van der Waals surface area contributed by atoms with E-state index in [1.165, 1.54) is 12.1 Å². The van der Waals surface area contributed by atoms with Gasteiger partial charge in [0, 0.05) is 0 Å². The minimum atomic E-state index is -0.492. The Morgan fingerprint density at radius 1 is 1.00 bits per heavy atom. The van der Waals surface area contributed by atoms with Crippen LogP contribution in [0.15, 0.2) is 66.7 Å². The maximum absolute atomic E-state index is 12.1. The van der Waals surface area contributed by atoms with Gasteiger partial charge in [-0.1, -0.05) is 54.6 Å². The van der Waals surface area contributed by atoms with E-state index in [1.54, 1.807) is 12.1 Å². The topological polar surface area (TPSA) is 75.6 Å². The van der Waals surface area contributed by atoms with E-state index in [0.717, 1.165) is 16.3 Å². The van der Waals surface area contributed by atoms with Gasteiger partial charge in [0.1, 0.15) is 5.75 Å². The third-order valence-electron chi connectivity index (χ3n) is 4.32. The van der Waals surface area contributed by atoms with Crippen LogP contribution in [0.2, 0.25) is 0 Å². The zero-order valence-corrected chi connectivity index (χ0v) is 15.0. The molecule has 0 radical (unpaired) electrons. The molecule has 0 heterocycles. The molecule has 0 bridgehead atoms. The number of amides is 1. The summed E-state index contributed by atoms with van der Waals surface area (Å²) in [6, 6.07) is 20.0. The molecule has 0 aliphatic heterocycles. The summed E-state index contributed by atoms with van der Waals surface area (Å²) in [5.74, 6) is -0.711.